The predicted octanol–water partition coefficient (Wildman–Crippen LogP) is 2.85. The molecule has 3 nitrogen and oxygen atoms in total. The van der Waals surface area contributed by atoms with Crippen LogP contribution in [0, 0.1) is 5.92 Å². The third kappa shape index (κ3) is 1.93. The average molecular weight is 244 g/mol. The number of benzene rings is 1. The second-order valence-corrected chi connectivity index (χ2v) is 5.59. The highest BCUT2D eigenvalue weighted by atomic mass is 16.4. The van der Waals surface area contributed by atoms with Crippen molar-refractivity contribution in [3.05, 3.63) is 35.4 Å². The summed E-state index contributed by atoms with van der Waals surface area (Å²) in [5.74, 6) is 0.826. The minimum Gasteiger partial charge on any atom is -0.411 e. The van der Waals surface area contributed by atoms with Crippen LogP contribution in [0.15, 0.2) is 29.4 Å². The van der Waals surface area contributed by atoms with Crippen LogP contribution >= 0.6 is 0 Å². The molecule has 1 aromatic rings. The lowest BCUT2D eigenvalue weighted by atomic mass is 9.96. The van der Waals surface area contributed by atoms with Gasteiger partial charge in [-0.2, -0.15) is 0 Å². The number of hydrogen-bond donors (Lipinski definition) is 1. The molecule has 18 heavy (non-hydrogen) atoms. The Hall–Kier alpha value is -1.35. The van der Waals surface area contributed by atoms with Crippen molar-refractivity contribution in [2.45, 2.75) is 32.2 Å². The molecule has 1 aliphatic heterocycles. The first-order valence-corrected chi connectivity index (χ1v) is 6.82. The summed E-state index contributed by atoms with van der Waals surface area (Å²) in [6.07, 6.45) is 3.29. The second-order valence-electron chi connectivity index (χ2n) is 5.59. The Balaban J connectivity index is 1.90. The molecule has 96 valence electrons. The van der Waals surface area contributed by atoms with Gasteiger partial charge in [-0.25, -0.2) is 0 Å². The zero-order valence-electron chi connectivity index (χ0n) is 10.8. The summed E-state index contributed by atoms with van der Waals surface area (Å²) in [4.78, 5) is 2.47. The predicted molar refractivity (Wildman–Crippen MR) is 72.1 cm³/mol. The normalized spacial score (nSPS) is 27.6. The first-order chi connectivity index (χ1) is 8.79. The first-order valence-electron chi connectivity index (χ1n) is 6.82. The molecule has 1 atom stereocenters. The Morgan fingerprint density at radius 2 is 1.94 bits per heavy atom. The van der Waals surface area contributed by atoms with E-state index in [1.165, 1.54) is 24.0 Å². The van der Waals surface area contributed by atoms with E-state index in [0.29, 0.717) is 0 Å². The van der Waals surface area contributed by atoms with Gasteiger partial charge in [-0.15, -0.1) is 0 Å². The minimum atomic E-state index is 0.207. The lowest BCUT2D eigenvalue weighted by Crippen LogP contribution is -2.38. The lowest BCUT2D eigenvalue weighted by molar-refractivity contribution is 0.169. The van der Waals surface area contributed by atoms with Crippen molar-refractivity contribution in [1.82, 2.24) is 4.90 Å². The molecule has 0 amide bonds. The minimum absolute atomic E-state index is 0.207. The highest BCUT2D eigenvalue weighted by molar-refractivity contribution is 5.96. The van der Waals surface area contributed by atoms with Crippen molar-refractivity contribution in [1.29, 1.82) is 0 Å². The van der Waals surface area contributed by atoms with Gasteiger partial charge in [0.2, 0.25) is 0 Å². The maximum absolute atomic E-state index is 9.25. The quantitative estimate of drug-likeness (QED) is 0.609. The molecule has 3 heteroatoms. The highest BCUT2D eigenvalue weighted by Crippen LogP contribution is 2.35. The molecule has 0 saturated carbocycles. The third-order valence-electron chi connectivity index (χ3n) is 4.35. The van der Waals surface area contributed by atoms with Crippen LogP contribution in [0.1, 0.15) is 36.9 Å². The Kier molecular flexibility index (Phi) is 3.08. The summed E-state index contributed by atoms with van der Waals surface area (Å²) in [6.45, 7) is 4.54. The van der Waals surface area contributed by atoms with Crippen molar-refractivity contribution >= 4 is 5.71 Å². The summed E-state index contributed by atoms with van der Waals surface area (Å²) in [6, 6.07) is 8.68. The summed E-state index contributed by atoms with van der Waals surface area (Å²) < 4.78 is 0. The summed E-state index contributed by atoms with van der Waals surface area (Å²) >= 11 is 0. The van der Waals surface area contributed by atoms with Crippen LogP contribution in [-0.4, -0.2) is 28.9 Å². The summed E-state index contributed by atoms with van der Waals surface area (Å²) in [7, 11) is 0. The molecule has 3 rings (SSSR count). The number of hydrogen-bond acceptors (Lipinski definition) is 3. The third-order valence-corrected chi connectivity index (χ3v) is 4.35. The van der Waals surface area contributed by atoms with E-state index in [-0.39, 0.29) is 6.04 Å². The van der Waals surface area contributed by atoms with Crippen molar-refractivity contribution in [2.75, 3.05) is 13.1 Å². The van der Waals surface area contributed by atoms with Crippen LogP contribution in [0.4, 0.5) is 0 Å². The first kappa shape index (κ1) is 11.7. The Morgan fingerprint density at radius 1 is 1.22 bits per heavy atom. The van der Waals surface area contributed by atoms with Crippen LogP contribution < -0.4 is 0 Å². The maximum atomic E-state index is 9.25. The Labute approximate surface area is 108 Å². The number of piperidine rings is 1. The van der Waals surface area contributed by atoms with Gasteiger partial charge in [0.15, 0.2) is 0 Å². The highest BCUT2D eigenvalue weighted by Gasteiger charge is 2.34. The van der Waals surface area contributed by atoms with Crippen LogP contribution in [0.3, 0.4) is 0 Å². The van der Waals surface area contributed by atoms with Gasteiger partial charge in [-0.1, -0.05) is 36.3 Å². The fourth-order valence-electron chi connectivity index (χ4n) is 3.22. The largest absolute Gasteiger partial charge is 0.411 e. The van der Waals surface area contributed by atoms with Crippen LogP contribution in [0.25, 0.3) is 0 Å². The van der Waals surface area contributed by atoms with Gasteiger partial charge in [0.05, 0.1) is 11.8 Å². The fourth-order valence-corrected chi connectivity index (χ4v) is 3.22. The van der Waals surface area contributed by atoms with Gasteiger partial charge in [0.1, 0.15) is 0 Å². The number of likely N-dealkylation sites (tertiary alicyclic amines) is 1. The molecule has 0 aromatic heterocycles. The number of nitrogens with zero attached hydrogens (tertiary/aromatic N) is 2. The number of oxime groups is 1. The van der Waals surface area contributed by atoms with E-state index in [0.717, 1.165) is 31.1 Å². The van der Waals surface area contributed by atoms with Crippen molar-refractivity contribution < 1.29 is 5.21 Å². The SMILES string of the molecule is CC1CCN([C@H]2/C(=N/O)Cc3ccccc32)CC1. The summed E-state index contributed by atoms with van der Waals surface area (Å²) in [5.41, 5.74) is 3.56. The molecule has 1 fully saturated rings. The average Bonchev–Trinajstić information content (AvgIpc) is 2.78. The fraction of sp³-hybridized carbons (Fsp3) is 0.533. The van der Waals surface area contributed by atoms with E-state index in [9.17, 15) is 5.21 Å². The molecule has 1 N–H and O–H groups in total. The van der Waals surface area contributed by atoms with Gasteiger partial charge < -0.3 is 5.21 Å². The van der Waals surface area contributed by atoms with Gasteiger partial charge >= 0.3 is 0 Å². The molecule has 2 aliphatic rings. The molecular weight excluding hydrogens is 224 g/mol. The summed E-state index contributed by atoms with van der Waals surface area (Å²) in [5, 5.41) is 12.8. The van der Waals surface area contributed by atoms with Gasteiger partial charge in [-0.05, 0) is 43.0 Å². The van der Waals surface area contributed by atoms with Crippen LogP contribution in [-0.2, 0) is 6.42 Å². The molecular formula is C15H20N2O. The zero-order valence-corrected chi connectivity index (χ0v) is 10.8. The van der Waals surface area contributed by atoms with E-state index in [1.807, 2.05) is 0 Å². The van der Waals surface area contributed by atoms with Crippen molar-refractivity contribution in [3.8, 4) is 0 Å². The molecule has 0 bridgehead atoms. The lowest BCUT2D eigenvalue weighted by Gasteiger charge is -2.35. The van der Waals surface area contributed by atoms with E-state index in [2.05, 4.69) is 41.2 Å². The van der Waals surface area contributed by atoms with Crippen molar-refractivity contribution in [2.24, 2.45) is 11.1 Å². The van der Waals surface area contributed by atoms with E-state index >= 15 is 0 Å². The Bertz CT molecular complexity index is 461. The van der Waals surface area contributed by atoms with Crippen LogP contribution in [0.2, 0.25) is 0 Å². The van der Waals surface area contributed by atoms with E-state index in [4.69, 9.17) is 0 Å². The van der Waals surface area contributed by atoms with Crippen LogP contribution in [0.5, 0.6) is 0 Å². The molecule has 1 aliphatic carbocycles. The topological polar surface area (TPSA) is 35.8 Å². The number of fused-ring (bicyclic) bond motifs is 1. The van der Waals surface area contributed by atoms with E-state index in [1.54, 1.807) is 0 Å². The Morgan fingerprint density at radius 3 is 2.67 bits per heavy atom. The van der Waals surface area contributed by atoms with E-state index < -0.39 is 0 Å². The van der Waals surface area contributed by atoms with Gasteiger partial charge in [0, 0.05) is 6.42 Å². The molecule has 1 aromatic carbocycles. The monoisotopic (exact) mass is 244 g/mol. The molecule has 0 radical (unpaired) electrons. The molecule has 0 unspecified atom stereocenters. The smallest absolute Gasteiger partial charge is 0.0831 e. The second kappa shape index (κ2) is 4.73. The zero-order chi connectivity index (χ0) is 12.5. The molecule has 1 heterocycles. The number of rotatable bonds is 1. The molecule has 1 saturated heterocycles. The molecule has 0 spiro atoms. The van der Waals surface area contributed by atoms with Gasteiger partial charge in [-0.3, -0.25) is 4.90 Å². The van der Waals surface area contributed by atoms with Crippen molar-refractivity contribution in [3.63, 3.8) is 0 Å². The maximum Gasteiger partial charge on any atom is 0.0831 e. The standard InChI is InChI=1S/C15H20N2O/c1-11-6-8-17(9-7-11)15-13-5-3-2-4-12(13)10-14(15)16-18/h2-5,11,15,18H,6-10H2,1H3/b16-14+/t15-/m1/s1. The van der Waals surface area contributed by atoms with Gasteiger partial charge in [0.25, 0.3) is 0 Å².